The van der Waals surface area contributed by atoms with Gasteiger partial charge in [0, 0.05) is 35.5 Å². The molecule has 34 heavy (non-hydrogen) atoms. The molecule has 1 aliphatic rings. The number of amides is 1. The minimum Gasteiger partial charge on any atom is -0.507 e. The van der Waals surface area contributed by atoms with Crippen LogP contribution in [0.15, 0.2) is 78.4 Å². The van der Waals surface area contributed by atoms with Crippen LogP contribution in [0.5, 0.6) is 0 Å². The molecular formula is C24H17N3O7. The summed E-state index contributed by atoms with van der Waals surface area (Å²) in [5.74, 6) is -2.43. The number of hydrogen-bond acceptors (Lipinski definition) is 7. The first-order valence-corrected chi connectivity index (χ1v) is 10.1. The van der Waals surface area contributed by atoms with E-state index in [4.69, 9.17) is 0 Å². The molecule has 3 aromatic rings. The predicted octanol–water partition coefficient (Wildman–Crippen LogP) is 4.44. The molecule has 1 saturated heterocycles. The highest BCUT2D eigenvalue weighted by Crippen LogP contribution is 2.42. The summed E-state index contributed by atoms with van der Waals surface area (Å²) in [6.07, 6.45) is 0. The summed E-state index contributed by atoms with van der Waals surface area (Å²) in [4.78, 5) is 48.5. The zero-order valence-electron chi connectivity index (χ0n) is 17.7. The summed E-state index contributed by atoms with van der Waals surface area (Å²) in [6.45, 7) is 1.85. The summed E-state index contributed by atoms with van der Waals surface area (Å²) in [5, 5.41) is 33.3. The molecule has 0 aromatic heterocycles. The summed E-state index contributed by atoms with van der Waals surface area (Å²) < 4.78 is 0. The van der Waals surface area contributed by atoms with Crippen LogP contribution in [0.2, 0.25) is 0 Å². The molecule has 1 N–H and O–H groups in total. The fourth-order valence-electron chi connectivity index (χ4n) is 3.82. The van der Waals surface area contributed by atoms with Gasteiger partial charge < -0.3 is 5.11 Å². The molecule has 10 heteroatoms. The number of rotatable bonds is 5. The number of ketones is 1. The van der Waals surface area contributed by atoms with Crippen LogP contribution in [0, 0.1) is 27.2 Å². The van der Waals surface area contributed by atoms with Crippen LogP contribution in [0.25, 0.3) is 5.76 Å². The van der Waals surface area contributed by atoms with E-state index in [1.807, 2.05) is 6.92 Å². The van der Waals surface area contributed by atoms with Crippen LogP contribution < -0.4 is 4.90 Å². The van der Waals surface area contributed by atoms with E-state index in [1.54, 1.807) is 24.3 Å². The van der Waals surface area contributed by atoms with E-state index < -0.39 is 33.3 Å². The van der Waals surface area contributed by atoms with Gasteiger partial charge in [0.05, 0.1) is 21.5 Å². The van der Waals surface area contributed by atoms with Gasteiger partial charge in [0.15, 0.2) is 0 Å². The second-order valence-electron chi connectivity index (χ2n) is 7.66. The van der Waals surface area contributed by atoms with Gasteiger partial charge in [0.25, 0.3) is 23.1 Å². The van der Waals surface area contributed by atoms with E-state index in [0.29, 0.717) is 5.69 Å². The van der Waals surface area contributed by atoms with Gasteiger partial charge in [-0.25, -0.2) is 0 Å². The van der Waals surface area contributed by atoms with Crippen LogP contribution >= 0.6 is 0 Å². The van der Waals surface area contributed by atoms with Crippen LogP contribution in [0.4, 0.5) is 17.1 Å². The number of aryl methyl sites for hydroxylation is 1. The quantitative estimate of drug-likeness (QED) is 0.195. The topological polar surface area (TPSA) is 144 Å². The maximum Gasteiger partial charge on any atom is 0.300 e. The monoisotopic (exact) mass is 459 g/mol. The van der Waals surface area contributed by atoms with Crippen molar-refractivity contribution in [3.63, 3.8) is 0 Å². The Morgan fingerprint density at radius 1 is 0.882 bits per heavy atom. The highest BCUT2D eigenvalue weighted by molar-refractivity contribution is 6.51. The van der Waals surface area contributed by atoms with Crippen molar-refractivity contribution in [2.45, 2.75) is 13.0 Å². The number of non-ortho nitro benzene ring substituents is 2. The van der Waals surface area contributed by atoms with E-state index in [2.05, 4.69) is 0 Å². The van der Waals surface area contributed by atoms with Gasteiger partial charge in [-0.1, -0.05) is 29.8 Å². The molecule has 3 aromatic carbocycles. The minimum absolute atomic E-state index is 0.0861. The Balaban J connectivity index is 1.94. The normalized spacial score (nSPS) is 17.1. The Morgan fingerprint density at radius 3 is 2.09 bits per heavy atom. The van der Waals surface area contributed by atoms with Gasteiger partial charge in [-0.3, -0.25) is 34.7 Å². The van der Waals surface area contributed by atoms with Crippen molar-refractivity contribution in [1.82, 2.24) is 0 Å². The second-order valence-corrected chi connectivity index (χ2v) is 7.66. The van der Waals surface area contributed by atoms with Crippen molar-refractivity contribution in [2.75, 3.05) is 4.90 Å². The van der Waals surface area contributed by atoms with E-state index in [-0.39, 0.29) is 28.1 Å². The minimum atomic E-state index is -1.15. The molecule has 1 fully saturated rings. The lowest BCUT2D eigenvalue weighted by Gasteiger charge is -2.25. The van der Waals surface area contributed by atoms with Crippen LogP contribution in [0.3, 0.4) is 0 Å². The number of nitro benzene ring substituents is 2. The number of benzene rings is 3. The smallest absolute Gasteiger partial charge is 0.300 e. The maximum atomic E-state index is 13.1. The lowest BCUT2D eigenvalue weighted by Crippen LogP contribution is -2.29. The molecule has 0 spiro atoms. The summed E-state index contributed by atoms with van der Waals surface area (Å²) in [6, 6.07) is 15.9. The molecule has 0 radical (unpaired) electrons. The van der Waals surface area contributed by atoms with Crippen LogP contribution in [0.1, 0.15) is 22.7 Å². The molecule has 0 aliphatic carbocycles. The summed E-state index contributed by atoms with van der Waals surface area (Å²) in [5.41, 5.74) is 0.875. The molecule has 1 atom stereocenters. The summed E-state index contributed by atoms with van der Waals surface area (Å²) >= 11 is 0. The Morgan fingerprint density at radius 2 is 1.50 bits per heavy atom. The van der Waals surface area contributed by atoms with E-state index in [9.17, 15) is 34.9 Å². The number of anilines is 1. The first-order chi connectivity index (χ1) is 16.2. The number of hydrogen-bond donors (Lipinski definition) is 1. The van der Waals surface area contributed by atoms with E-state index in [0.717, 1.165) is 17.7 Å². The highest BCUT2D eigenvalue weighted by atomic mass is 16.6. The molecular weight excluding hydrogens is 442 g/mol. The first kappa shape index (κ1) is 22.3. The molecule has 10 nitrogen and oxygen atoms in total. The second kappa shape index (κ2) is 8.58. The van der Waals surface area contributed by atoms with Crippen molar-refractivity contribution >= 4 is 34.5 Å². The van der Waals surface area contributed by atoms with Gasteiger partial charge >= 0.3 is 0 Å². The number of aliphatic hydroxyl groups is 1. The van der Waals surface area contributed by atoms with Gasteiger partial charge in [-0.2, -0.15) is 0 Å². The number of nitro groups is 2. The van der Waals surface area contributed by atoms with Crippen LogP contribution in [-0.2, 0) is 9.59 Å². The molecule has 1 heterocycles. The fraction of sp³-hybridized carbons (Fsp3) is 0.0833. The molecule has 1 unspecified atom stereocenters. The third-order valence-electron chi connectivity index (χ3n) is 5.50. The average Bonchev–Trinajstić information content (AvgIpc) is 3.09. The maximum absolute atomic E-state index is 13.1. The van der Waals surface area contributed by atoms with Crippen molar-refractivity contribution in [2.24, 2.45) is 0 Å². The Labute approximate surface area is 192 Å². The van der Waals surface area contributed by atoms with E-state index >= 15 is 0 Å². The lowest BCUT2D eigenvalue weighted by atomic mass is 9.94. The predicted molar refractivity (Wildman–Crippen MR) is 122 cm³/mol. The number of Topliss-reactive ketones (excluding diaryl/α,β-unsaturated/α-hetero) is 1. The third-order valence-corrected chi connectivity index (χ3v) is 5.50. The van der Waals surface area contributed by atoms with Crippen molar-refractivity contribution < 1.29 is 24.5 Å². The Hall–Kier alpha value is -4.86. The van der Waals surface area contributed by atoms with E-state index in [1.165, 1.54) is 41.3 Å². The van der Waals surface area contributed by atoms with Crippen molar-refractivity contribution in [3.8, 4) is 0 Å². The SMILES string of the molecule is Cc1ccc(N2C(=O)C(=O)C(=C(O)c3ccc([N+](=O)[O-])cc3)C2c2cccc([N+](=O)[O-])c2)cc1. The lowest BCUT2D eigenvalue weighted by molar-refractivity contribution is -0.385. The third kappa shape index (κ3) is 3.88. The average molecular weight is 459 g/mol. The van der Waals surface area contributed by atoms with Crippen molar-refractivity contribution in [1.29, 1.82) is 0 Å². The van der Waals surface area contributed by atoms with Gasteiger partial charge in [-0.05, 0) is 36.8 Å². The highest BCUT2D eigenvalue weighted by Gasteiger charge is 2.47. The molecule has 0 bridgehead atoms. The number of aliphatic hydroxyl groups excluding tert-OH is 1. The number of carbonyl (C=O) groups is 2. The standard InChI is InChI=1S/C24H17N3O7/c1-14-5-9-17(10-6-14)25-21(16-3-2-4-19(13-16)27(33)34)20(23(29)24(25)30)22(28)15-7-11-18(12-8-15)26(31)32/h2-13,21,28H,1H3. The Kier molecular flexibility index (Phi) is 5.64. The number of nitrogens with zero attached hydrogens (tertiary/aromatic N) is 3. The molecule has 0 saturated carbocycles. The largest absolute Gasteiger partial charge is 0.507 e. The molecule has 1 aliphatic heterocycles. The molecule has 1 amide bonds. The zero-order chi connectivity index (χ0) is 24.6. The van der Waals surface area contributed by atoms with Crippen LogP contribution in [-0.4, -0.2) is 26.6 Å². The van der Waals surface area contributed by atoms with Gasteiger partial charge in [-0.15, -0.1) is 0 Å². The number of carbonyl (C=O) groups excluding carboxylic acids is 2. The zero-order valence-corrected chi connectivity index (χ0v) is 17.7. The summed E-state index contributed by atoms with van der Waals surface area (Å²) in [7, 11) is 0. The van der Waals surface area contributed by atoms with Gasteiger partial charge in [0.2, 0.25) is 0 Å². The fourth-order valence-corrected chi connectivity index (χ4v) is 3.82. The van der Waals surface area contributed by atoms with Gasteiger partial charge in [0.1, 0.15) is 5.76 Å². The first-order valence-electron chi connectivity index (χ1n) is 10.1. The van der Waals surface area contributed by atoms with Crippen molar-refractivity contribution in [3.05, 3.63) is 115 Å². The molecule has 170 valence electrons. The molecule has 4 rings (SSSR count). The Bertz CT molecular complexity index is 1360.